The number of benzene rings is 1. The molecule has 1 N–H and O–H groups in total. The fourth-order valence-electron chi connectivity index (χ4n) is 1.86. The summed E-state index contributed by atoms with van der Waals surface area (Å²) in [6, 6.07) is 7.76. The Kier molecular flexibility index (Phi) is 5.06. The van der Waals surface area contributed by atoms with Gasteiger partial charge in [0, 0.05) is 6.07 Å². The minimum atomic E-state index is 0.598. The smallest absolute Gasteiger partial charge is 0.170 e. The quantitative estimate of drug-likeness (QED) is 0.835. The molecule has 0 bridgehead atoms. The summed E-state index contributed by atoms with van der Waals surface area (Å²) in [4.78, 5) is 0. The predicted octanol–water partition coefficient (Wildman–Crippen LogP) is 1.81. The molecule has 2 aromatic rings. The Labute approximate surface area is 119 Å². The Morgan fingerprint density at radius 1 is 1.35 bits per heavy atom. The van der Waals surface area contributed by atoms with Gasteiger partial charge in [-0.15, -0.1) is 5.10 Å². The van der Waals surface area contributed by atoms with Gasteiger partial charge in [-0.3, -0.25) is 0 Å². The van der Waals surface area contributed by atoms with E-state index in [1.54, 1.807) is 4.68 Å². The van der Waals surface area contributed by atoms with Crippen LogP contribution in [-0.2, 0) is 6.54 Å². The van der Waals surface area contributed by atoms with Gasteiger partial charge in [0.25, 0.3) is 0 Å². The molecule has 0 amide bonds. The zero-order valence-corrected chi connectivity index (χ0v) is 12.2. The van der Waals surface area contributed by atoms with E-state index in [2.05, 4.69) is 34.7 Å². The van der Waals surface area contributed by atoms with E-state index >= 15 is 0 Å². The lowest BCUT2D eigenvalue weighted by Gasteiger charge is -2.09. The van der Waals surface area contributed by atoms with Gasteiger partial charge in [-0.05, 0) is 41.9 Å². The molecule has 0 aliphatic rings. The van der Waals surface area contributed by atoms with Crippen molar-refractivity contribution in [3.63, 3.8) is 0 Å². The lowest BCUT2D eigenvalue weighted by molar-refractivity contribution is 0.340. The highest BCUT2D eigenvalue weighted by Crippen LogP contribution is 2.16. The topological polar surface area (TPSA) is 64.9 Å². The van der Waals surface area contributed by atoms with Crippen LogP contribution in [0.4, 0.5) is 0 Å². The number of aromatic nitrogens is 4. The Hall–Kier alpha value is -1.95. The van der Waals surface area contributed by atoms with Gasteiger partial charge in [-0.25, -0.2) is 0 Å². The largest absolute Gasteiger partial charge is 0.494 e. The molecule has 1 aromatic heterocycles. The van der Waals surface area contributed by atoms with E-state index in [1.807, 2.05) is 31.2 Å². The predicted molar refractivity (Wildman–Crippen MR) is 76.9 cm³/mol. The maximum Gasteiger partial charge on any atom is 0.170 e. The summed E-state index contributed by atoms with van der Waals surface area (Å²) >= 11 is 0. The summed E-state index contributed by atoms with van der Waals surface area (Å²) in [5, 5.41) is 15.2. The fourth-order valence-corrected chi connectivity index (χ4v) is 1.86. The average molecular weight is 275 g/mol. The molecule has 0 spiro atoms. The number of nitrogens with zero attached hydrogens (tertiary/aromatic N) is 4. The summed E-state index contributed by atoms with van der Waals surface area (Å²) in [5.41, 5.74) is 0.905. The van der Waals surface area contributed by atoms with Crippen LogP contribution in [0.2, 0.25) is 0 Å². The summed E-state index contributed by atoms with van der Waals surface area (Å²) in [6.07, 6.45) is 0. The van der Waals surface area contributed by atoms with Crippen LogP contribution in [0.25, 0.3) is 5.69 Å². The van der Waals surface area contributed by atoms with Crippen LogP contribution in [0.15, 0.2) is 24.3 Å². The number of nitrogens with one attached hydrogen (secondary N) is 1. The highest BCUT2D eigenvalue weighted by molar-refractivity contribution is 5.38. The second kappa shape index (κ2) is 7.00. The number of ether oxygens (including phenoxy) is 1. The first-order valence-electron chi connectivity index (χ1n) is 6.92. The molecule has 20 heavy (non-hydrogen) atoms. The maximum atomic E-state index is 5.50. The lowest BCUT2D eigenvalue weighted by Crippen LogP contribution is -2.21. The van der Waals surface area contributed by atoms with E-state index in [9.17, 15) is 0 Å². The maximum absolute atomic E-state index is 5.50. The molecular formula is C14H21N5O. The molecule has 1 heterocycles. The molecule has 0 radical (unpaired) electrons. The van der Waals surface area contributed by atoms with E-state index < -0.39 is 0 Å². The van der Waals surface area contributed by atoms with Crippen LogP contribution < -0.4 is 10.1 Å². The molecule has 6 heteroatoms. The van der Waals surface area contributed by atoms with Gasteiger partial charge in [-0.2, -0.15) is 4.68 Å². The number of rotatable bonds is 7. The van der Waals surface area contributed by atoms with Crippen LogP contribution in [0, 0.1) is 5.92 Å². The van der Waals surface area contributed by atoms with E-state index in [1.165, 1.54) is 0 Å². The van der Waals surface area contributed by atoms with Crippen molar-refractivity contribution in [3.05, 3.63) is 30.1 Å². The van der Waals surface area contributed by atoms with E-state index in [4.69, 9.17) is 4.74 Å². The normalized spacial score (nSPS) is 11.0. The highest BCUT2D eigenvalue weighted by Gasteiger charge is 2.08. The van der Waals surface area contributed by atoms with E-state index in [0.29, 0.717) is 19.1 Å². The minimum absolute atomic E-state index is 0.598. The van der Waals surface area contributed by atoms with Crippen molar-refractivity contribution >= 4 is 0 Å². The van der Waals surface area contributed by atoms with E-state index in [0.717, 1.165) is 23.8 Å². The number of hydrogen-bond acceptors (Lipinski definition) is 5. The molecule has 0 aliphatic heterocycles. The van der Waals surface area contributed by atoms with Crippen LogP contribution in [-0.4, -0.2) is 33.4 Å². The van der Waals surface area contributed by atoms with Gasteiger partial charge in [0.05, 0.1) is 18.8 Å². The molecular weight excluding hydrogens is 254 g/mol. The van der Waals surface area contributed by atoms with Crippen molar-refractivity contribution < 1.29 is 4.74 Å². The van der Waals surface area contributed by atoms with Crippen molar-refractivity contribution in [1.29, 1.82) is 0 Å². The standard InChI is InChI=1S/C14H21N5O/c1-4-20-13-7-5-6-12(8-13)19-14(16-17-18-19)10-15-9-11(2)3/h5-8,11,15H,4,9-10H2,1-3H3. The highest BCUT2D eigenvalue weighted by atomic mass is 16.5. The molecule has 6 nitrogen and oxygen atoms in total. The molecule has 0 unspecified atom stereocenters. The van der Waals surface area contributed by atoms with Gasteiger partial charge < -0.3 is 10.1 Å². The molecule has 2 rings (SSSR count). The molecule has 0 saturated carbocycles. The first-order chi connectivity index (χ1) is 9.70. The first kappa shape index (κ1) is 14.5. The third-order valence-electron chi connectivity index (χ3n) is 2.74. The zero-order chi connectivity index (χ0) is 14.4. The van der Waals surface area contributed by atoms with Gasteiger partial charge in [-0.1, -0.05) is 19.9 Å². The second-order valence-electron chi connectivity index (χ2n) is 4.96. The average Bonchev–Trinajstić information content (AvgIpc) is 2.87. The van der Waals surface area contributed by atoms with Gasteiger partial charge in [0.1, 0.15) is 5.75 Å². The Morgan fingerprint density at radius 2 is 2.20 bits per heavy atom. The first-order valence-corrected chi connectivity index (χ1v) is 6.92. The van der Waals surface area contributed by atoms with Gasteiger partial charge in [0.2, 0.25) is 0 Å². The summed E-state index contributed by atoms with van der Waals surface area (Å²) < 4.78 is 7.23. The van der Waals surface area contributed by atoms with Gasteiger partial charge in [0.15, 0.2) is 5.82 Å². The summed E-state index contributed by atoms with van der Waals surface area (Å²) in [7, 11) is 0. The zero-order valence-electron chi connectivity index (χ0n) is 12.2. The Balaban J connectivity index is 2.12. The molecule has 1 aromatic carbocycles. The Morgan fingerprint density at radius 3 is 2.95 bits per heavy atom. The number of tetrazole rings is 1. The third-order valence-corrected chi connectivity index (χ3v) is 2.74. The van der Waals surface area contributed by atoms with E-state index in [-0.39, 0.29) is 0 Å². The van der Waals surface area contributed by atoms with Crippen molar-refractivity contribution in [2.45, 2.75) is 27.3 Å². The summed E-state index contributed by atoms with van der Waals surface area (Å²) in [6.45, 7) is 8.52. The third kappa shape index (κ3) is 3.77. The fraction of sp³-hybridized carbons (Fsp3) is 0.500. The van der Waals surface area contributed by atoms with Crippen LogP contribution >= 0.6 is 0 Å². The molecule has 0 saturated heterocycles. The number of hydrogen-bond donors (Lipinski definition) is 1. The Bertz CT molecular complexity index is 538. The molecule has 0 atom stereocenters. The molecule has 108 valence electrons. The van der Waals surface area contributed by atoms with Crippen molar-refractivity contribution in [3.8, 4) is 11.4 Å². The SMILES string of the molecule is CCOc1cccc(-n2nnnc2CNCC(C)C)c1. The van der Waals surface area contributed by atoms with Crippen LogP contribution in [0.3, 0.4) is 0 Å². The van der Waals surface area contributed by atoms with Crippen LogP contribution in [0.5, 0.6) is 5.75 Å². The van der Waals surface area contributed by atoms with Crippen molar-refractivity contribution in [2.24, 2.45) is 5.92 Å². The van der Waals surface area contributed by atoms with Gasteiger partial charge >= 0.3 is 0 Å². The summed E-state index contributed by atoms with van der Waals surface area (Å²) in [5.74, 6) is 2.21. The monoisotopic (exact) mass is 275 g/mol. The van der Waals surface area contributed by atoms with Crippen LogP contribution in [0.1, 0.15) is 26.6 Å². The molecule has 0 aliphatic carbocycles. The second-order valence-corrected chi connectivity index (χ2v) is 4.96. The minimum Gasteiger partial charge on any atom is -0.494 e. The van der Waals surface area contributed by atoms with Crippen molar-refractivity contribution in [2.75, 3.05) is 13.2 Å². The lowest BCUT2D eigenvalue weighted by atomic mass is 10.2. The molecule has 0 fully saturated rings. The van der Waals surface area contributed by atoms with Crippen molar-refractivity contribution in [1.82, 2.24) is 25.5 Å².